The number of nitrogens with one attached hydrogen (secondary N) is 1. The number of rotatable bonds is 5. The summed E-state index contributed by atoms with van der Waals surface area (Å²) in [6.45, 7) is 6.93. The number of pyridine rings is 2. The van der Waals surface area contributed by atoms with Crippen LogP contribution >= 0.6 is 0 Å². The van der Waals surface area contributed by atoms with Gasteiger partial charge in [-0.25, -0.2) is 4.98 Å². The second-order valence-corrected chi connectivity index (χ2v) is 5.46. The van der Waals surface area contributed by atoms with Crippen LogP contribution in [0.2, 0.25) is 0 Å². The molecule has 1 aliphatic heterocycles. The Labute approximate surface area is 131 Å². The smallest absolute Gasteiger partial charge is 0.133 e. The van der Waals surface area contributed by atoms with E-state index in [-0.39, 0.29) is 0 Å². The molecule has 3 heterocycles. The molecule has 22 heavy (non-hydrogen) atoms. The van der Waals surface area contributed by atoms with E-state index in [2.05, 4.69) is 26.3 Å². The number of nitrogens with zero attached hydrogens (tertiary/aromatic N) is 3. The summed E-state index contributed by atoms with van der Waals surface area (Å²) in [7, 11) is 0. The summed E-state index contributed by atoms with van der Waals surface area (Å²) < 4.78 is 5.42. The van der Waals surface area contributed by atoms with E-state index in [0.29, 0.717) is 0 Å². The zero-order chi connectivity index (χ0) is 15.2. The first kappa shape index (κ1) is 14.9. The highest BCUT2D eigenvalue weighted by Crippen LogP contribution is 2.18. The molecule has 1 saturated heterocycles. The highest BCUT2D eigenvalue weighted by atomic mass is 16.5. The van der Waals surface area contributed by atoms with Gasteiger partial charge in [-0.3, -0.25) is 4.98 Å². The van der Waals surface area contributed by atoms with Crippen LogP contribution in [0.15, 0.2) is 36.5 Å². The minimum atomic E-state index is 0.763. The van der Waals surface area contributed by atoms with E-state index in [9.17, 15) is 0 Å². The number of hydrogen-bond acceptors (Lipinski definition) is 5. The van der Waals surface area contributed by atoms with Crippen molar-refractivity contribution in [2.24, 2.45) is 0 Å². The lowest BCUT2D eigenvalue weighted by molar-refractivity contribution is 0.122. The molecule has 1 aliphatic rings. The lowest BCUT2D eigenvalue weighted by atomic mass is 10.2. The molecule has 0 spiro atoms. The third kappa shape index (κ3) is 3.81. The van der Waals surface area contributed by atoms with Crippen LogP contribution in [0.1, 0.15) is 17.0 Å². The average molecular weight is 298 g/mol. The van der Waals surface area contributed by atoms with E-state index in [1.807, 2.05) is 37.4 Å². The van der Waals surface area contributed by atoms with E-state index >= 15 is 0 Å². The van der Waals surface area contributed by atoms with Crippen molar-refractivity contribution in [1.29, 1.82) is 0 Å². The Balaban J connectivity index is 1.62. The monoisotopic (exact) mass is 298 g/mol. The zero-order valence-electron chi connectivity index (χ0n) is 13.0. The first-order valence-corrected chi connectivity index (χ1v) is 7.73. The molecule has 0 radical (unpaired) electrons. The minimum absolute atomic E-state index is 0.763. The Morgan fingerprint density at radius 1 is 1.14 bits per heavy atom. The van der Waals surface area contributed by atoms with Gasteiger partial charge < -0.3 is 15.0 Å². The zero-order valence-corrected chi connectivity index (χ0v) is 13.0. The van der Waals surface area contributed by atoms with E-state index in [4.69, 9.17) is 4.74 Å². The van der Waals surface area contributed by atoms with Crippen molar-refractivity contribution in [3.05, 3.63) is 53.5 Å². The Bertz CT molecular complexity index is 611. The standard InChI is InChI=1S/C17H22N4O/c1-14-4-2-6-16(20-14)13-18-12-15-5-3-7-19-17(15)21-8-10-22-11-9-21/h2-7,18H,8-13H2,1H3. The summed E-state index contributed by atoms with van der Waals surface area (Å²) >= 11 is 0. The topological polar surface area (TPSA) is 50.3 Å². The number of hydrogen-bond donors (Lipinski definition) is 1. The molecule has 116 valence electrons. The number of ether oxygens (including phenoxy) is 1. The summed E-state index contributed by atoms with van der Waals surface area (Å²) in [6, 6.07) is 10.2. The molecule has 2 aromatic heterocycles. The molecule has 0 aliphatic carbocycles. The minimum Gasteiger partial charge on any atom is -0.378 e. The Hall–Kier alpha value is -1.98. The van der Waals surface area contributed by atoms with Crippen molar-refractivity contribution in [3.8, 4) is 0 Å². The van der Waals surface area contributed by atoms with Crippen molar-refractivity contribution in [3.63, 3.8) is 0 Å². The van der Waals surface area contributed by atoms with Gasteiger partial charge in [0.15, 0.2) is 0 Å². The fourth-order valence-electron chi connectivity index (χ4n) is 2.65. The van der Waals surface area contributed by atoms with Crippen molar-refractivity contribution in [2.45, 2.75) is 20.0 Å². The molecular formula is C17H22N4O. The predicted octanol–water partition coefficient (Wildman–Crippen LogP) is 1.91. The predicted molar refractivity (Wildman–Crippen MR) is 86.8 cm³/mol. The highest BCUT2D eigenvalue weighted by Gasteiger charge is 2.15. The molecule has 0 aromatic carbocycles. The molecular weight excluding hydrogens is 276 g/mol. The van der Waals surface area contributed by atoms with Gasteiger partial charge in [-0.15, -0.1) is 0 Å². The maximum Gasteiger partial charge on any atom is 0.133 e. The maximum absolute atomic E-state index is 5.42. The lowest BCUT2D eigenvalue weighted by Gasteiger charge is -2.29. The molecule has 5 nitrogen and oxygen atoms in total. The second kappa shape index (κ2) is 7.33. The van der Waals surface area contributed by atoms with Crippen molar-refractivity contribution >= 4 is 5.82 Å². The third-order valence-corrected chi connectivity index (χ3v) is 3.75. The summed E-state index contributed by atoms with van der Waals surface area (Å²) in [5, 5.41) is 3.46. The summed E-state index contributed by atoms with van der Waals surface area (Å²) in [6.07, 6.45) is 1.86. The van der Waals surface area contributed by atoms with Gasteiger partial charge >= 0.3 is 0 Å². The van der Waals surface area contributed by atoms with Gasteiger partial charge in [0.25, 0.3) is 0 Å². The van der Waals surface area contributed by atoms with Crippen LogP contribution in [-0.4, -0.2) is 36.3 Å². The quantitative estimate of drug-likeness (QED) is 0.914. The van der Waals surface area contributed by atoms with Crippen molar-refractivity contribution < 1.29 is 4.74 Å². The summed E-state index contributed by atoms with van der Waals surface area (Å²) in [4.78, 5) is 11.4. The van der Waals surface area contributed by atoms with Gasteiger partial charge in [-0.05, 0) is 25.1 Å². The third-order valence-electron chi connectivity index (χ3n) is 3.75. The van der Waals surface area contributed by atoms with Crippen LogP contribution in [0.3, 0.4) is 0 Å². The number of aromatic nitrogens is 2. The normalized spacial score (nSPS) is 15.0. The number of morpholine rings is 1. The van der Waals surface area contributed by atoms with Gasteiger partial charge in [-0.2, -0.15) is 0 Å². The van der Waals surface area contributed by atoms with E-state index in [1.165, 1.54) is 5.56 Å². The summed E-state index contributed by atoms with van der Waals surface area (Å²) in [5.41, 5.74) is 3.34. The molecule has 0 unspecified atom stereocenters. The molecule has 0 bridgehead atoms. The molecule has 5 heteroatoms. The first-order valence-electron chi connectivity index (χ1n) is 7.73. The van der Waals surface area contributed by atoms with Gasteiger partial charge in [0.2, 0.25) is 0 Å². The fraction of sp³-hybridized carbons (Fsp3) is 0.412. The van der Waals surface area contributed by atoms with Crippen LogP contribution in [-0.2, 0) is 17.8 Å². The lowest BCUT2D eigenvalue weighted by Crippen LogP contribution is -2.37. The van der Waals surface area contributed by atoms with Gasteiger partial charge in [0.05, 0.1) is 18.9 Å². The van der Waals surface area contributed by atoms with Gasteiger partial charge in [0, 0.05) is 43.6 Å². The largest absolute Gasteiger partial charge is 0.378 e. The van der Waals surface area contributed by atoms with E-state index in [0.717, 1.165) is 56.6 Å². The Morgan fingerprint density at radius 2 is 2.00 bits per heavy atom. The van der Waals surface area contributed by atoms with Crippen LogP contribution < -0.4 is 10.2 Å². The van der Waals surface area contributed by atoms with Crippen molar-refractivity contribution in [1.82, 2.24) is 15.3 Å². The van der Waals surface area contributed by atoms with Gasteiger partial charge in [0.1, 0.15) is 5.82 Å². The number of anilines is 1. The maximum atomic E-state index is 5.42. The summed E-state index contributed by atoms with van der Waals surface area (Å²) in [5.74, 6) is 1.07. The highest BCUT2D eigenvalue weighted by molar-refractivity contribution is 5.47. The SMILES string of the molecule is Cc1cccc(CNCc2cccnc2N2CCOCC2)n1. The Morgan fingerprint density at radius 3 is 2.82 bits per heavy atom. The molecule has 0 atom stereocenters. The molecule has 1 fully saturated rings. The molecule has 0 amide bonds. The number of aryl methyl sites for hydroxylation is 1. The van der Waals surface area contributed by atoms with Crippen LogP contribution in [0.5, 0.6) is 0 Å². The molecule has 1 N–H and O–H groups in total. The van der Waals surface area contributed by atoms with Gasteiger partial charge in [-0.1, -0.05) is 12.1 Å². The van der Waals surface area contributed by atoms with E-state index < -0.39 is 0 Å². The van der Waals surface area contributed by atoms with Crippen LogP contribution in [0.4, 0.5) is 5.82 Å². The molecule has 0 saturated carbocycles. The van der Waals surface area contributed by atoms with Crippen LogP contribution in [0, 0.1) is 6.92 Å². The average Bonchev–Trinajstić information content (AvgIpc) is 2.56. The molecule has 3 rings (SSSR count). The fourth-order valence-corrected chi connectivity index (χ4v) is 2.65. The first-order chi connectivity index (χ1) is 10.8. The van der Waals surface area contributed by atoms with E-state index in [1.54, 1.807) is 0 Å². The van der Waals surface area contributed by atoms with Crippen molar-refractivity contribution in [2.75, 3.05) is 31.2 Å². The van der Waals surface area contributed by atoms with Crippen LogP contribution in [0.25, 0.3) is 0 Å². The molecule has 2 aromatic rings. The second-order valence-electron chi connectivity index (χ2n) is 5.46. The Kier molecular flexibility index (Phi) is 4.98.